The number of ether oxygens (including phenoxy) is 3. The number of benzene rings is 2. The maximum atomic E-state index is 12.7. The number of carbonyl (C=O) groups is 2. The molecule has 1 aliphatic heterocycles. The second kappa shape index (κ2) is 7.90. The van der Waals surface area contributed by atoms with E-state index in [0.29, 0.717) is 22.9 Å². The number of hydrogen-bond donors (Lipinski definition) is 1. The van der Waals surface area contributed by atoms with Gasteiger partial charge in [-0.1, -0.05) is 0 Å². The number of nitrogens with one attached hydrogen (secondary N) is 1. The van der Waals surface area contributed by atoms with Crippen molar-refractivity contribution in [2.75, 3.05) is 24.4 Å². The first-order valence-corrected chi connectivity index (χ1v) is 8.43. The van der Waals surface area contributed by atoms with Gasteiger partial charge in [0, 0.05) is 11.8 Å². The van der Waals surface area contributed by atoms with Gasteiger partial charge in [-0.15, -0.1) is 13.2 Å². The Balaban J connectivity index is 1.74. The molecule has 10 heteroatoms. The minimum absolute atomic E-state index is 0.103. The number of hydrogen-bond acceptors (Lipinski definition) is 6. The van der Waals surface area contributed by atoms with Crippen molar-refractivity contribution in [1.82, 2.24) is 0 Å². The Hall–Kier alpha value is -3.43. The van der Waals surface area contributed by atoms with Gasteiger partial charge in [0.25, 0.3) is 5.91 Å². The molecule has 0 aliphatic carbocycles. The maximum Gasteiger partial charge on any atom is 0.573 e. The van der Waals surface area contributed by atoms with Crippen molar-refractivity contribution < 1.29 is 37.0 Å². The quantitative estimate of drug-likeness (QED) is 0.736. The third-order valence-electron chi connectivity index (χ3n) is 4.20. The van der Waals surface area contributed by atoms with Crippen LogP contribution in [-0.2, 0) is 9.59 Å². The van der Waals surface area contributed by atoms with Gasteiger partial charge in [0.1, 0.15) is 11.8 Å². The molecule has 0 bridgehead atoms. The lowest BCUT2D eigenvalue weighted by Crippen LogP contribution is -2.34. The number of rotatable bonds is 6. The highest BCUT2D eigenvalue weighted by atomic mass is 19.4. The van der Waals surface area contributed by atoms with Crippen molar-refractivity contribution in [2.24, 2.45) is 0 Å². The summed E-state index contributed by atoms with van der Waals surface area (Å²) in [6.45, 7) is 0. The van der Waals surface area contributed by atoms with Crippen molar-refractivity contribution in [2.45, 2.75) is 18.8 Å². The lowest BCUT2D eigenvalue weighted by molar-refractivity contribution is -0.274. The van der Waals surface area contributed by atoms with Crippen LogP contribution >= 0.6 is 0 Å². The topological polar surface area (TPSA) is 77.1 Å². The molecule has 0 saturated carbocycles. The molecule has 154 valence electrons. The van der Waals surface area contributed by atoms with Crippen LogP contribution in [0.5, 0.6) is 17.2 Å². The van der Waals surface area contributed by atoms with E-state index in [1.165, 1.54) is 32.4 Å². The van der Waals surface area contributed by atoms with E-state index in [2.05, 4.69) is 10.1 Å². The van der Waals surface area contributed by atoms with Crippen LogP contribution in [0.25, 0.3) is 0 Å². The lowest BCUT2D eigenvalue weighted by Gasteiger charge is -2.18. The second-order valence-corrected chi connectivity index (χ2v) is 6.08. The van der Waals surface area contributed by atoms with E-state index in [0.717, 1.165) is 17.0 Å². The van der Waals surface area contributed by atoms with E-state index in [9.17, 15) is 22.8 Å². The van der Waals surface area contributed by atoms with Crippen LogP contribution in [0.3, 0.4) is 0 Å². The van der Waals surface area contributed by atoms with Crippen molar-refractivity contribution in [3.63, 3.8) is 0 Å². The Kier molecular flexibility index (Phi) is 5.53. The molecule has 1 atom stereocenters. The first-order valence-electron chi connectivity index (χ1n) is 8.43. The standard InChI is InChI=1S/C19H17F3N2O5/c1-27-15-8-5-12(9-16(15)28-2)24-17(25)10-14(18(24)26)23-11-3-6-13(7-4-11)29-19(20,21)22/h3-9,14,23H,10H2,1-2H3/t14-/m1/s1. The monoisotopic (exact) mass is 410 g/mol. The van der Waals surface area contributed by atoms with Gasteiger partial charge in [-0.05, 0) is 36.4 Å². The van der Waals surface area contributed by atoms with Gasteiger partial charge in [0.15, 0.2) is 11.5 Å². The molecule has 1 N–H and O–H groups in total. The molecule has 2 aromatic carbocycles. The van der Waals surface area contributed by atoms with Crippen LogP contribution in [0.2, 0.25) is 0 Å². The summed E-state index contributed by atoms with van der Waals surface area (Å²) >= 11 is 0. The Morgan fingerprint density at radius 3 is 2.24 bits per heavy atom. The predicted molar refractivity (Wildman–Crippen MR) is 97.2 cm³/mol. The summed E-state index contributed by atoms with van der Waals surface area (Å²) < 4.78 is 50.8. The molecular weight excluding hydrogens is 393 g/mol. The molecule has 1 fully saturated rings. The molecule has 0 aromatic heterocycles. The van der Waals surface area contributed by atoms with Crippen molar-refractivity contribution in [3.05, 3.63) is 42.5 Å². The van der Waals surface area contributed by atoms with Crippen LogP contribution in [0.1, 0.15) is 6.42 Å². The van der Waals surface area contributed by atoms with Crippen molar-refractivity contribution >= 4 is 23.2 Å². The molecule has 7 nitrogen and oxygen atoms in total. The summed E-state index contributed by atoms with van der Waals surface area (Å²) in [5.74, 6) is -0.480. The summed E-state index contributed by atoms with van der Waals surface area (Å²) in [5, 5.41) is 2.86. The predicted octanol–water partition coefficient (Wildman–Crippen LogP) is 3.35. The molecule has 0 radical (unpaired) electrons. The first-order chi connectivity index (χ1) is 13.7. The fourth-order valence-electron chi connectivity index (χ4n) is 2.93. The fourth-order valence-corrected chi connectivity index (χ4v) is 2.93. The van der Waals surface area contributed by atoms with E-state index >= 15 is 0 Å². The van der Waals surface area contributed by atoms with Gasteiger partial charge < -0.3 is 19.5 Å². The van der Waals surface area contributed by atoms with E-state index in [1.807, 2.05) is 0 Å². The van der Waals surface area contributed by atoms with E-state index in [-0.39, 0.29) is 12.2 Å². The Morgan fingerprint density at radius 2 is 1.66 bits per heavy atom. The van der Waals surface area contributed by atoms with Crippen molar-refractivity contribution in [1.29, 1.82) is 0 Å². The summed E-state index contributed by atoms with van der Waals surface area (Å²) in [6.07, 6.45) is -4.89. The van der Waals surface area contributed by atoms with Crippen LogP contribution < -0.4 is 24.4 Å². The highest BCUT2D eigenvalue weighted by Gasteiger charge is 2.40. The summed E-state index contributed by atoms with van der Waals surface area (Å²) in [4.78, 5) is 26.2. The minimum atomic E-state index is -4.79. The molecule has 2 amide bonds. The molecular formula is C19H17F3N2O5. The van der Waals surface area contributed by atoms with Crippen molar-refractivity contribution in [3.8, 4) is 17.2 Å². The third kappa shape index (κ3) is 4.53. The zero-order valence-corrected chi connectivity index (χ0v) is 15.4. The lowest BCUT2D eigenvalue weighted by atomic mass is 10.2. The molecule has 1 saturated heterocycles. The second-order valence-electron chi connectivity index (χ2n) is 6.08. The molecule has 3 rings (SSSR count). The third-order valence-corrected chi connectivity index (χ3v) is 4.20. The molecule has 0 spiro atoms. The molecule has 1 heterocycles. The van der Waals surface area contributed by atoms with Gasteiger partial charge in [-0.2, -0.15) is 0 Å². The number of nitrogens with zero attached hydrogens (tertiary/aromatic N) is 1. The van der Waals surface area contributed by atoms with Crippen LogP contribution in [0.15, 0.2) is 42.5 Å². The number of anilines is 2. The Labute approximate surface area is 164 Å². The van der Waals surface area contributed by atoms with Gasteiger partial charge in [-0.3, -0.25) is 9.59 Å². The fraction of sp³-hybridized carbons (Fsp3) is 0.263. The highest BCUT2D eigenvalue weighted by molar-refractivity contribution is 6.23. The van der Waals surface area contributed by atoms with E-state index in [4.69, 9.17) is 9.47 Å². The Morgan fingerprint density at radius 1 is 1.00 bits per heavy atom. The SMILES string of the molecule is COc1ccc(N2C(=O)C[C@@H](Nc3ccc(OC(F)(F)F)cc3)C2=O)cc1OC. The zero-order valence-electron chi connectivity index (χ0n) is 15.4. The smallest absolute Gasteiger partial charge is 0.493 e. The summed E-state index contributed by atoms with van der Waals surface area (Å²) in [7, 11) is 2.90. The van der Waals surface area contributed by atoms with E-state index in [1.54, 1.807) is 12.1 Å². The number of imide groups is 1. The molecule has 2 aromatic rings. The number of amides is 2. The van der Waals surface area contributed by atoms with Crippen LogP contribution in [0.4, 0.5) is 24.5 Å². The van der Waals surface area contributed by atoms with Crippen LogP contribution in [-0.4, -0.2) is 38.4 Å². The molecule has 29 heavy (non-hydrogen) atoms. The normalized spacial score (nSPS) is 16.7. The number of alkyl halides is 3. The van der Waals surface area contributed by atoms with Gasteiger partial charge in [0.05, 0.1) is 26.3 Å². The van der Waals surface area contributed by atoms with Gasteiger partial charge in [-0.25, -0.2) is 4.90 Å². The zero-order chi connectivity index (χ0) is 21.2. The molecule has 0 unspecified atom stereocenters. The number of carbonyl (C=O) groups excluding carboxylic acids is 2. The Bertz CT molecular complexity index is 915. The van der Waals surface area contributed by atoms with Gasteiger partial charge >= 0.3 is 6.36 Å². The van der Waals surface area contributed by atoms with E-state index < -0.39 is 24.2 Å². The maximum absolute atomic E-state index is 12.7. The average Bonchev–Trinajstić information content (AvgIpc) is 2.95. The highest BCUT2D eigenvalue weighted by Crippen LogP contribution is 2.34. The van der Waals surface area contributed by atoms with Gasteiger partial charge in [0.2, 0.25) is 5.91 Å². The van der Waals surface area contributed by atoms with Crippen LogP contribution in [0, 0.1) is 0 Å². The first kappa shape index (κ1) is 20.3. The molecule has 1 aliphatic rings. The summed E-state index contributed by atoms with van der Waals surface area (Å²) in [6, 6.07) is 8.69. The largest absolute Gasteiger partial charge is 0.573 e. The number of methoxy groups -OCH3 is 2. The minimum Gasteiger partial charge on any atom is -0.493 e. The summed E-state index contributed by atoms with van der Waals surface area (Å²) in [5.41, 5.74) is 0.704. The number of halogens is 3. The average molecular weight is 410 g/mol.